The van der Waals surface area contributed by atoms with Gasteiger partial charge in [0.15, 0.2) is 0 Å². The second kappa shape index (κ2) is 12.7. The molecule has 0 aliphatic heterocycles. The van der Waals surface area contributed by atoms with Crippen LogP contribution in [0.25, 0.3) is 22.2 Å². The van der Waals surface area contributed by atoms with Crippen molar-refractivity contribution in [3.05, 3.63) is 82.3 Å². The number of pyridine rings is 2. The van der Waals surface area contributed by atoms with Gasteiger partial charge in [-0.05, 0) is 73.6 Å². The third kappa shape index (κ3) is 7.05. The number of carbonyl (C=O) groups excluding carboxylic acids is 2. The zero-order chi connectivity index (χ0) is 31.5. The van der Waals surface area contributed by atoms with Gasteiger partial charge in [0.2, 0.25) is 0 Å². The number of benzene rings is 2. The number of fused-ring (bicyclic) bond motifs is 1. The van der Waals surface area contributed by atoms with Crippen molar-refractivity contribution in [3.63, 3.8) is 0 Å². The molecule has 0 bridgehead atoms. The van der Waals surface area contributed by atoms with Gasteiger partial charge in [-0.15, -0.1) is 0 Å². The van der Waals surface area contributed by atoms with Gasteiger partial charge < -0.3 is 19.8 Å². The van der Waals surface area contributed by atoms with E-state index < -0.39 is 29.7 Å². The van der Waals surface area contributed by atoms with Crippen LogP contribution in [0.15, 0.2) is 65.6 Å². The Labute approximate surface area is 252 Å². The number of hydrogen-bond donors (Lipinski definition) is 2. The molecule has 0 unspecified atom stereocenters. The first-order chi connectivity index (χ1) is 20.3. The van der Waals surface area contributed by atoms with Crippen LogP contribution in [0, 0.1) is 0 Å². The van der Waals surface area contributed by atoms with E-state index in [0.29, 0.717) is 33.6 Å². The Morgan fingerprint density at radius 3 is 2.23 bits per heavy atom. The Hall–Kier alpha value is -4.66. The van der Waals surface area contributed by atoms with Crippen LogP contribution in [0.5, 0.6) is 5.75 Å². The molecule has 0 aliphatic carbocycles. The predicted octanol–water partition coefficient (Wildman–Crippen LogP) is 7.23. The highest BCUT2D eigenvalue weighted by molar-refractivity contribution is 6.10. The van der Waals surface area contributed by atoms with Gasteiger partial charge in [0.25, 0.3) is 5.56 Å². The summed E-state index contributed by atoms with van der Waals surface area (Å²) in [7, 11) is 1.55. The fourth-order valence-electron chi connectivity index (χ4n) is 5.07. The summed E-state index contributed by atoms with van der Waals surface area (Å²) in [6.45, 7) is 12.9. The second-order valence-electron chi connectivity index (χ2n) is 12.0. The average molecular weight is 585 g/mol. The molecule has 2 amide bonds. The summed E-state index contributed by atoms with van der Waals surface area (Å²) < 4.78 is 11.1. The summed E-state index contributed by atoms with van der Waals surface area (Å²) in [5, 5.41) is 3.67. The standard InChI is InChI=1S/C34H40N4O5/c1-20(2)24-14-10-15-25(21(3)4)29(24)36-33(41)38(19-27(39)43-34(5,6)7)30-28(22-12-9-13-23(18-22)42-8)26-16-11-17-35-31(26)37-32(30)40/h9-18,20-21H,19H2,1-8H3,(H,36,41)(H,35,37,40). The lowest BCUT2D eigenvalue weighted by molar-refractivity contribution is -0.152. The Morgan fingerprint density at radius 2 is 1.63 bits per heavy atom. The maximum Gasteiger partial charge on any atom is 0.327 e. The molecule has 9 heteroatoms. The van der Waals surface area contributed by atoms with Crippen LogP contribution >= 0.6 is 0 Å². The average Bonchev–Trinajstić information content (AvgIpc) is 2.94. The van der Waals surface area contributed by atoms with Crippen LogP contribution in [0.2, 0.25) is 0 Å². The highest BCUT2D eigenvalue weighted by atomic mass is 16.6. The molecule has 2 heterocycles. The fraction of sp³-hybridized carbons (Fsp3) is 0.353. The summed E-state index contributed by atoms with van der Waals surface area (Å²) in [6.07, 6.45) is 1.58. The van der Waals surface area contributed by atoms with Crippen LogP contribution < -0.4 is 20.5 Å². The number of aromatic amines is 1. The number of amides is 2. The number of carbonyl (C=O) groups is 2. The molecule has 0 fully saturated rings. The number of urea groups is 1. The van der Waals surface area contributed by atoms with Crippen molar-refractivity contribution < 1.29 is 19.1 Å². The van der Waals surface area contributed by atoms with E-state index in [0.717, 1.165) is 16.0 Å². The number of nitrogens with zero attached hydrogens (tertiary/aromatic N) is 2. The molecule has 0 saturated carbocycles. The topological polar surface area (TPSA) is 114 Å². The van der Waals surface area contributed by atoms with Crippen molar-refractivity contribution >= 4 is 34.4 Å². The first kappa shape index (κ1) is 31.3. The molecule has 2 aromatic heterocycles. The largest absolute Gasteiger partial charge is 0.497 e. The van der Waals surface area contributed by atoms with E-state index >= 15 is 0 Å². The van der Waals surface area contributed by atoms with Crippen LogP contribution in [0.4, 0.5) is 16.2 Å². The maximum atomic E-state index is 14.4. The molecule has 0 saturated heterocycles. The van der Waals surface area contributed by atoms with Crippen molar-refractivity contribution in [1.29, 1.82) is 0 Å². The summed E-state index contributed by atoms with van der Waals surface area (Å²) >= 11 is 0. The van der Waals surface area contributed by atoms with Crippen molar-refractivity contribution in [3.8, 4) is 16.9 Å². The lowest BCUT2D eigenvalue weighted by Crippen LogP contribution is -2.44. The first-order valence-electron chi connectivity index (χ1n) is 14.4. The molecular formula is C34H40N4O5. The Balaban J connectivity index is 1.98. The number of ether oxygens (including phenoxy) is 2. The Bertz CT molecular complexity index is 1680. The summed E-state index contributed by atoms with van der Waals surface area (Å²) in [5.74, 6) is 0.120. The minimum Gasteiger partial charge on any atom is -0.497 e. The monoisotopic (exact) mass is 584 g/mol. The number of aromatic nitrogens is 2. The van der Waals surface area contributed by atoms with Gasteiger partial charge >= 0.3 is 12.0 Å². The molecule has 0 atom stereocenters. The van der Waals surface area contributed by atoms with Gasteiger partial charge in [-0.25, -0.2) is 9.78 Å². The number of H-pyrrole nitrogens is 1. The summed E-state index contributed by atoms with van der Waals surface area (Å²) in [6, 6.07) is 16.0. The van der Waals surface area contributed by atoms with Gasteiger partial charge in [-0.2, -0.15) is 0 Å². The highest BCUT2D eigenvalue weighted by Gasteiger charge is 2.30. The zero-order valence-electron chi connectivity index (χ0n) is 26.1. The van der Waals surface area contributed by atoms with Gasteiger partial charge in [0.1, 0.15) is 29.2 Å². The van der Waals surface area contributed by atoms with Crippen molar-refractivity contribution in [1.82, 2.24) is 9.97 Å². The number of anilines is 2. The SMILES string of the molecule is COc1cccc(-c2c(N(CC(=O)OC(C)(C)C)C(=O)Nc3c(C(C)C)cccc3C(C)C)c(=O)[nH]c3ncccc23)c1. The highest BCUT2D eigenvalue weighted by Crippen LogP contribution is 2.37. The lowest BCUT2D eigenvalue weighted by atomic mass is 9.92. The van der Waals surface area contributed by atoms with E-state index in [9.17, 15) is 14.4 Å². The Morgan fingerprint density at radius 1 is 0.977 bits per heavy atom. The molecular weight excluding hydrogens is 544 g/mol. The third-order valence-electron chi connectivity index (χ3n) is 6.95. The minimum atomic E-state index is -0.802. The molecule has 0 spiro atoms. The van der Waals surface area contributed by atoms with Gasteiger partial charge in [0, 0.05) is 22.8 Å². The lowest BCUT2D eigenvalue weighted by Gasteiger charge is -2.28. The summed E-state index contributed by atoms with van der Waals surface area (Å²) in [4.78, 5) is 49.9. The number of esters is 1. The molecule has 4 rings (SSSR count). The molecule has 2 aromatic carbocycles. The first-order valence-corrected chi connectivity index (χ1v) is 14.4. The Kier molecular flexibility index (Phi) is 9.23. The number of para-hydroxylation sites is 1. The number of methoxy groups -OCH3 is 1. The van der Waals surface area contributed by atoms with E-state index in [4.69, 9.17) is 9.47 Å². The van der Waals surface area contributed by atoms with E-state index in [2.05, 4.69) is 43.0 Å². The van der Waals surface area contributed by atoms with Crippen molar-refractivity contribution in [2.75, 3.05) is 23.9 Å². The van der Waals surface area contributed by atoms with Crippen molar-refractivity contribution in [2.24, 2.45) is 0 Å². The molecule has 4 aromatic rings. The second-order valence-corrected chi connectivity index (χ2v) is 12.0. The van der Waals surface area contributed by atoms with Crippen LogP contribution in [0.3, 0.4) is 0 Å². The third-order valence-corrected chi connectivity index (χ3v) is 6.95. The quantitative estimate of drug-likeness (QED) is 0.211. The van der Waals surface area contributed by atoms with E-state index in [1.165, 1.54) is 0 Å². The van der Waals surface area contributed by atoms with Gasteiger partial charge in [-0.3, -0.25) is 14.5 Å². The molecule has 0 aliphatic rings. The number of rotatable bonds is 8. The van der Waals surface area contributed by atoms with Crippen LogP contribution in [0.1, 0.15) is 71.4 Å². The summed E-state index contributed by atoms with van der Waals surface area (Å²) in [5.41, 5.74) is 2.56. The fourth-order valence-corrected chi connectivity index (χ4v) is 5.07. The van der Waals surface area contributed by atoms with E-state index in [-0.39, 0.29) is 17.5 Å². The molecule has 9 nitrogen and oxygen atoms in total. The van der Waals surface area contributed by atoms with Crippen molar-refractivity contribution in [2.45, 2.75) is 65.9 Å². The maximum absolute atomic E-state index is 14.4. The smallest absolute Gasteiger partial charge is 0.327 e. The van der Waals surface area contributed by atoms with E-state index in [1.807, 2.05) is 30.3 Å². The van der Waals surface area contributed by atoms with E-state index in [1.54, 1.807) is 58.3 Å². The number of nitrogens with one attached hydrogen (secondary N) is 2. The van der Waals surface area contributed by atoms with Crippen LogP contribution in [-0.2, 0) is 9.53 Å². The predicted molar refractivity (Wildman–Crippen MR) is 171 cm³/mol. The molecule has 226 valence electrons. The molecule has 43 heavy (non-hydrogen) atoms. The van der Waals surface area contributed by atoms with Crippen LogP contribution in [-0.4, -0.2) is 41.2 Å². The normalized spacial score (nSPS) is 11.6. The molecule has 2 N–H and O–H groups in total. The number of hydrogen-bond acceptors (Lipinski definition) is 6. The molecule has 0 radical (unpaired) electrons. The minimum absolute atomic E-state index is 0.00904. The van der Waals surface area contributed by atoms with Gasteiger partial charge in [-0.1, -0.05) is 58.0 Å². The zero-order valence-corrected chi connectivity index (χ0v) is 26.1. The van der Waals surface area contributed by atoms with Gasteiger partial charge in [0.05, 0.1) is 7.11 Å².